The van der Waals surface area contributed by atoms with Crippen LogP contribution >= 0.6 is 0 Å². The number of pyridine rings is 1. The van der Waals surface area contributed by atoms with Crippen molar-refractivity contribution >= 4 is 23.6 Å². The van der Waals surface area contributed by atoms with Crippen molar-refractivity contribution in [1.29, 1.82) is 0 Å². The third-order valence-corrected chi connectivity index (χ3v) is 4.53. The van der Waals surface area contributed by atoms with Crippen LogP contribution in [-0.2, 0) is 20.6 Å². The lowest BCUT2D eigenvalue weighted by Crippen LogP contribution is -2.41. The summed E-state index contributed by atoms with van der Waals surface area (Å²) < 4.78 is 19.0. The lowest BCUT2D eigenvalue weighted by atomic mass is 9.80. The zero-order valence-corrected chi connectivity index (χ0v) is 13.8. The predicted molar refractivity (Wildman–Crippen MR) is 85.1 cm³/mol. The molecule has 0 unspecified atom stereocenters. The minimum Gasteiger partial charge on any atom is -0.399 e. The van der Waals surface area contributed by atoms with Crippen molar-refractivity contribution in [2.24, 2.45) is 0 Å². The maximum absolute atomic E-state index is 6.06. The zero-order valence-electron chi connectivity index (χ0n) is 13.8. The molecule has 1 aliphatic heterocycles. The average molecular weight is 303 g/mol. The molecule has 3 heterocycles. The van der Waals surface area contributed by atoms with E-state index in [1.807, 2.05) is 44.6 Å². The standard InChI is InChI=1S/C15H22BN3O3/c1-14(2)15(3,4)22-16(21-14)12-8-11-9-18-19(6-7-20-5)13(11)17-10-12/h8-10H,6-7H2,1-5H3. The highest BCUT2D eigenvalue weighted by Crippen LogP contribution is 2.36. The average Bonchev–Trinajstić information content (AvgIpc) is 2.94. The highest BCUT2D eigenvalue weighted by Gasteiger charge is 2.51. The number of methoxy groups -OCH3 is 1. The van der Waals surface area contributed by atoms with Crippen LogP contribution < -0.4 is 5.46 Å². The zero-order chi connectivity index (χ0) is 16.0. The summed E-state index contributed by atoms with van der Waals surface area (Å²) in [7, 11) is 1.28. The molecule has 3 rings (SSSR count). The molecule has 0 N–H and O–H groups in total. The summed E-state index contributed by atoms with van der Waals surface area (Å²) in [4.78, 5) is 4.52. The fourth-order valence-electron chi connectivity index (χ4n) is 2.44. The molecule has 0 bridgehead atoms. The maximum Gasteiger partial charge on any atom is 0.496 e. The van der Waals surface area contributed by atoms with Gasteiger partial charge in [0, 0.05) is 24.2 Å². The van der Waals surface area contributed by atoms with Crippen molar-refractivity contribution in [3.8, 4) is 0 Å². The molecule has 1 saturated heterocycles. The first-order valence-electron chi connectivity index (χ1n) is 7.50. The van der Waals surface area contributed by atoms with Crippen LogP contribution in [-0.4, -0.2) is 46.8 Å². The topological polar surface area (TPSA) is 58.4 Å². The van der Waals surface area contributed by atoms with Crippen LogP contribution in [0.1, 0.15) is 27.7 Å². The molecule has 0 atom stereocenters. The van der Waals surface area contributed by atoms with E-state index in [2.05, 4.69) is 10.1 Å². The Labute approximate surface area is 130 Å². The number of hydrogen-bond acceptors (Lipinski definition) is 5. The summed E-state index contributed by atoms with van der Waals surface area (Å²) >= 11 is 0. The molecule has 6 nitrogen and oxygen atoms in total. The van der Waals surface area contributed by atoms with Gasteiger partial charge >= 0.3 is 7.12 Å². The van der Waals surface area contributed by atoms with Gasteiger partial charge < -0.3 is 14.0 Å². The monoisotopic (exact) mass is 303 g/mol. The van der Waals surface area contributed by atoms with E-state index in [1.54, 1.807) is 13.3 Å². The predicted octanol–water partition coefficient (Wildman–Crippen LogP) is 1.38. The van der Waals surface area contributed by atoms with E-state index in [9.17, 15) is 0 Å². The van der Waals surface area contributed by atoms with Gasteiger partial charge in [0.1, 0.15) is 0 Å². The molecule has 0 aromatic carbocycles. The van der Waals surface area contributed by atoms with Crippen LogP contribution in [0.2, 0.25) is 0 Å². The Morgan fingerprint density at radius 1 is 1.18 bits per heavy atom. The molecule has 0 spiro atoms. The summed E-state index contributed by atoms with van der Waals surface area (Å²) in [5.41, 5.74) is 1.06. The van der Waals surface area contributed by atoms with Crippen molar-refractivity contribution in [3.05, 3.63) is 18.5 Å². The fourth-order valence-corrected chi connectivity index (χ4v) is 2.44. The largest absolute Gasteiger partial charge is 0.496 e. The number of fused-ring (bicyclic) bond motifs is 1. The second-order valence-electron chi connectivity index (χ2n) is 6.63. The number of ether oxygens (including phenoxy) is 1. The molecule has 1 fully saturated rings. The molecule has 7 heteroatoms. The van der Waals surface area contributed by atoms with Crippen molar-refractivity contribution in [2.45, 2.75) is 45.4 Å². The highest BCUT2D eigenvalue weighted by atomic mass is 16.7. The smallest absolute Gasteiger partial charge is 0.399 e. The van der Waals surface area contributed by atoms with Gasteiger partial charge in [0.2, 0.25) is 0 Å². The van der Waals surface area contributed by atoms with Gasteiger partial charge in [-0.05, 0) is 33.8 Å². The summed E-state index contributed by atoms with van der Waals surface area (Å²) in [5.74, 6) is 0. The Bertz CT molecular complexity index is 668. The summed E-state index contributed by atoms with van der Waals surface area (Å²) in [6.45, 7) is 9.47. The van der Waals surface area contributed by atoms with E-state index < -0.39 is 7.12 Å². The molecular weight excluding hydrogens is 281 g/mol. The van der Waals surface area contributed by atoms with Gasteiger partial charge in [0.15, 0.2) is 5.65 Å². The first-order chi connectivity index (χ1) is 10.3. The van der Waals surface area contributed by atoms with Crippen molar-refractivity contribution in [3.63, 3.8) is 0 Å². The third-order valence-electron chi connectivity index (χ3n) is 4.53. The van der Waals surface area contributed by atoms with E-state index in [0.717, 1.165) is 16.5 Å². The lowest BCUT2D eigenvalue weighted by molar-refractivity contribution is 0.00578. The van der Waals surface area contributed by atoms with Gasteiger partial charge in [-0.1, -0.05) is 0 Å². The SMILES string of the molecule is COCCn1ncc2cc(B3OC(C)(C)C(C)(C)O3)cnc21. The van der Waals surface area contributed by atoms with Crippen molar-refractivity contribution in [2.75, 3.05) is 13.7 Å². The number of nitrogens with zero attached hydrogens (tertiary/aromatic N) is 3. The minimum atomic E-state index is -0.399. The number of hydrogen-bond donors (Lipinski definition) is 0. The first-order valence-corrected chi connectivity index (χ1v) is 7.50. The summed E-state index contributed by atoms with van der Waals surface area (Å²) in [6, 6.07) is 2.03. The van der Waals surface area contributed by atoms with Crippen LogP contribution in [0.15, 0.2) is 18.5 Å². The van der Waals surface area contributed by atoms with Gasteiger partial charge in [0.25, 0.3) is 0 Å². The molecule has 0 amide bonds. The van der Waals surface area contributed by atoms with E-state index in [4.69, 9.17) is 14.0 Å². The minimum absolute atomic E-state index is 0.352. The van der Waals surface area contributed by atoms with Crippen LogP contribution in [0.5, 0.6) is 0 Å². The maximum atomic E-state index is 6.06. The second-order valence-corrected chi connectivity index (χ2v) is 6.63. The van der Waals surface area contributed by atoms with Gasteiger partial charge in [0.05, 0.1) is 30.6 Å². The molecule has 118 valence electrons. The normalized spacial score (nSPS) is 20.0. The van der Waals surface area contributed by atoms with E-state index in [-0.39, 0.29) is 11.2 Å². The number of aromatic nitrogens is 3. The Hall–Kier alpha value is -1.44. The molecule has 2 aromatic heterocycles. The Morgan fingerprint density at radius 2 is 1.86 bits per heavy atom. The Balaban J connectivity index is 1.88. The van der Waals surface area contributed by atoms with Gasteiger partial charge in [-0.25, -0.2) is 9.67 Å². The van der Waals surface area contributed by atoms with Gasteiger partial charge in [-0.15, -0.1) is 0 Å². The molecule has 0 saturated carbocycles. The molecule has 22 heavy (non-hydrogen) atoms. The van der Waals surface area contributed by atoms with E-state index in [1.165, 1.54) is 0 Å². The molecule has 0 aliphatic carbocycles. The quantitative estimate of drug-likeness (QED) is 0.799. The Kier molecular flexibility index (Phi) is 3.75. The highest BCUT2D eigenvalue weighted by molar-refractivity contribution is 6.62. The lowest BCUT2D eigenvalue weighted by Gasteiger charge is -2.32. The van der Waals surface area contributed by atoms with Crippen LogP contribution in [0.3, 0.4) is 0 Å². The van der Waals surface area contributed by atoms with Gasteiger partial charge in [-0.3, -0.25) is 0 Å². The third kappa shape index (κ3) is 2.53. The van der Waals surface area contributed by atoms with E-state index in [0.29, 0.717) is 13.2 Å². The Morgan fingerprint density at radius 3 is 2.50 bits per heavy atom. The summed E-state index contributed by atoms with van der Waals surface area (Å²) in [5, 5.41) is 5.33. The van der Waals surface area contributed by atoms with Gasteiger partial charge in [-0.2, -0.15) is 5.10 Å². The first kappa shape index (κ1) is 15.5. The van der Waals surface area contributed by atoms with Crippen LogP contribution in [0.4, 0.5) is 0 Å². The fraction of sp³-hybridized carbons (Fsp3) is 0.600. The van der Waals surface area contributed by atoms with E-state index >= 15 is 0 Å². The molecular formula is C15H22BN3O3. The second kappa shape index (κ2) is 5.33. The molecule has 2 aromatic rings. The van der Waals surface area contributed by atoms with Crippen molar-refractivity contribution in [1.82, 2.24) is 14.8 Å². The van der Waals surface area contributed by atoms with Crippen LogP contribution in [0, 0.1) is 0 Å². The number of rotatable bonds is 4. The molecule has 0 radical (unpaired) electrons. The molecule has 1 aliphatic rings. The van der Waals surface area contributed by atoms with Crippen LogP contribution in [0.25, 0.3) is 11.0 Å². The summed E-state index contributed by atoms with van der Waals surface area (Å²) in [6.07, 6.45) is 3.61. The van der Waals surface area contributed by atoms with Crippen molar-refractivity contribution < 1.29 is 14.0 Å².